The molecule has 148 valence electrons. The third kappa shape index (κ3) is 2.93. The van der Waals surface area contributed by atoms with Crippen LogP contribution in [-0.2, 0) is 11.3 Å². The van der Waals surface area contributed by atoms with E-state index in [1.807, 2.05) is 62.5 Å². The maximum atomic E-state index is 13.3. The number of hydrogen-bond acceptors (Lipinski definition) is 6. The van der Waals surface area contributed by atoms with Crippen LogP contribution in [0.1, 0.15) is 12.5 Å². The summed E-state index contributed by atoms with van der Waals surface area (Å²) in [4.78, 5) is 40.0. The van der Waals surface area contributed by atoms with Crippen molar-refractivity contribution in [2.75, 3.05) is 34.2 Å². The van der Waals surface area contributed by atoms with Crippen molar-refractivity contribution in [3.63, 3.8) is 0 Å². The number of guanidine groups is 1. The normalized spacial score (nSPS) is 24.0. The molecule has 1 aromatic rings. The lowest BCUT2D eigenvalue weighted by atomic mass is 10.1. The van der Waals surface area contributed by atoms with Crippen LogP contribution in [0.2, 0.25) is 0 Å². The van der Waals surface area contributed by atoms with Gasteiger partial charge >= 0.3 is 6.03 Å². The zero-order valence-electron chi connectivity index (χ0n) is 16.7. The SMILES string of the molecule is CC1=CN2C(=NC3C2C(=O)N(Cc2ccccc2)C(=O)N3C)N1CCN(C)C. The number of allylic oxidation sites excluding steroid dienone is 1. The summed E-state index contributed by atoms with van der Waals surface area (Å²) in [6, 6.07) is 8.77. The van der Waals surface area contributed by atoms with E-state index in [1.54, 1.807) is 11.9 Å². The molecule has 1 fully saturated rings. The van der Waals surface area contributed by atoms with Crippen molar-refractivity contribution in [2.24, 2.45) is 4.99 Å². The van der Waals surface area contributed by atoms with Gasteiger partial charge in [-0.2, -0.15) is 0 Å². The lowest BCUT2D eigenvalue weighted by Crippen LogP contribution is -2.63. The lowest BCUT2D eigenvalue weighted by Gasteiger charge is -2.40. The van der Waals surface area contributed by atoms with Gasteiger partial charge in [0.15, 0.2) is 12.2 Å². The molecule has 28 heavy (non-hydrogen) atoms. The Labute approximate surface area is 165 Å². The molecule has 3 amide bonds. The van der Waals surface area contributed by atoms with E-state index in [-0.39, 0.29) is 18.5 Å². The molecule has 0 bridgehead atoms. The van der Waals surface area contributed by atoms with Gasteiger partial charge in [0.2, 0.25) is 5.96 Å². The number of aliphatic imine (C=N–C) groups is 1. The molecule has 3 aliphatic heterocycles. The van der Waals surface area contributed by atoms with Crippen molar-refractivity contribution in [1.29, 1.82) is 0 Å². The van der Waals surface area contributed by atoms with E-state index in [2.05, 4.69) is 9.80 Å². The highest BCUT2D eigenvalue weighted by molar-refractivity contribution is 6.04. The number of rotatable bonds is 5. The molecule has 0 N–H and O–H groups in total. The van der Waals surface area contributed by atoms with Gasteiger partial charge in [-0.25, -0.2) is 9.79 Å². The minimum atomic E-state index is -0.513. The Hall–Kier alpha value is -2.87. The van der Waals surface area contributed by atoms with Gasteiger partial charge in [-0.15, -0.1) is 0 Å². The van der Waals surface area contributed by atoms with Crippen LogP contribution in [0.5, 0.6) is 0 Å². The quantitative estimate of drug-likeness (QED) is 0.765. The van der Waals surface area contributed by atoms with Crippen LogP contribution >= 0.6 is 0 Å². The summed E-state index contributed by atoms with van der Waals surface area (Å²) in [5.41, 5.74) is 1.98. The molecule has 0 aliphatic carbocycles. The van der Waals surface area contributed by atoms with E-state index in [4.69, 9.17) is 4.99 Å². The van der Waals surface area contributed by atoms with Crippen molar-refractivity contribution in [2.45, 2.75) is 25.7 Å². The minimum Gasteiger partial charge on any atom is -0.313 e. The maximum Gasteiger partial charge on any atom is 0.328 e. The fourth-order valence-electron chi connectivity index (χ4n) is 3.89. The highest BCUT2D eigenvalue weighted by Crippen LogP contribution is 2.34. The Kier molecular flexibility index (Phi) is 4.58. The molecule has 8 nitrogen and oxygen atoms in total. The average Bonchev–Trinajstić information content (AvgIpc) is 3.17. The zero-order valence-corrected chi connectivity index (χ0v) is 16.7. The molecule has 0 spiro atoms. The first-order chi connectivity index (χ1) is 13.4. The van der Waals surface area contributed by atoms with Crippen LogP contribution in [0.15, 0.2) is 47.2 Å². The molecule has 3 aliphatic rings. The Morgan fingerprint density at radius 2 is 1.82 bits per heavy atom. The van der Waals surface area contributed by atoms with Gasteiger partial charge in [0, 0.05) is 32.0 Å². The molecule has 1 saturated heterocycles. The number of benzene rings is 1. The average molecular weight is 382 g/mol. The molecule has 2 atom stereocenters. The van der Waals surface area contributed by atoms with Crippen molar-refractivity contribution < 1.29 is 9.59 Å². The number of nitrogens with zero attached hydrogens (tertiary/aromatic N) is 6. The number of likely N-dealkylation sites (N-methyl/N-ethyl adjacent to an activating group) is 2. The van der Waals surface area contributed by atoms with Crippen molar-refractivity contribution in [3.8, 4) is 0 Å². The number of amides is 3. The Morgan fingerprint density at radius 1 is 1.11 bits per heavy atom. The maximum absolute atomic E-state index is 13.3. The summed E-state index contributed by atoms with van der Waals surface area (Å²) in [6.07, 6.45) is 1.48. The summed E-state index contributed by atoms with van der Waals surface area (Å²) in [6.45, 7) is 3.94. The predicted octanol–water partition coefficient (Wildman–Crippen LogP) is 1.19. The summed E-state index contributed by atoms with van der Waals surface area (Å²) in [7, 11) is 5.78. The van der Waals surface area contributed by atoms with Crippen LogP contribution in [0.25, 0.3) is 0 Å². The molecule has 0 saturated carbocycles. The second kappa shape index (κ2) is 6.94. The number of urea groups is 1. The predicted molar refractivity (Wildman–Crippen MR) is 106 cm³/mol. The first-order valence-electron chi connectivity index (χ1n) is 9.47. The fraction of sp³-hybridized carbons (Fsp3) is 0.450. The van der Waals surface area contributed by atoms with Gasteiger partial charge in [-0.3, -0.25) is 9.69 Å². The Bertz CT molecular complexity index is 850. The molecule has 4 rings (SSSR count). The largest absolute Gasteiger partial charge is 0.328 e. The summed E-state index contributed by atoms with van der Waals surface area (Å²) < 4.78 is 0. The van der Waals surface area contributed by atoms with Crippen LogP contribution in [-0.4, -0.2) is 88.8 Å². The van der Waals surface area contributed by atoms with Crippen LogP contribution < -0.4 is 0 Å². The van der Waals surface area contributed by atoms with E-state index in [9.17, 15) is 9.59 Å². The number of imide groups is 1. The van der Waals surface area contributed by atoms with E-state index in [0.29, 0.717) is 0 Å². The third-order valence-electron chi connectivity index (χ3n) is 5.46. The molecule has 8 heteroatoms. The summed E-state index contributed by atoms with van der Waals surface area (Å²) in [5, 5.41) is 0. The van der Waals surface area contributed by atoms with Crippen LogP contribution in [0.4, 0.5) is 4.79 Å². The molecule has 3 heterocycles. The number of carbonyl (C=O) groups excluding carboxylic acids is 2. The first kappa shape index (κ1) is 18.5. The Balaban J connectivity index is 1.60. The zero-order chi connectivity index (χ0) is 20.0. The molecule has 0 radical (unpaired) electrons. The second-order valence-corrected chi connectivity index (χ2v) is 7.72. The van der Waals surface area contributed by atoms with Gasteiger partial charge in [-0.05, 0) is 26.6 Å². The van der Waals surface area contributed by atoms with E-state index < -0.39 is 12.2 Å². The summed E-state index contributed by atoms with van der Waals surface area (Å²) in [5.74, 6) is 0.554. The van der Waals surface area contributed by atoms with E-state index in [0.717, 1.165) is 30.3 Å². The standard InChI is InChI=1S/C20H26N6O2/c1-14-12-25-16-17(21-19(25)24(14)11-10-22(2)3)23(4)20(28)26(18(16)27)13-15-8-6-5-7-9-15/h5-9,12,16-17H,10-11,13H2,1-4H3. The monoisotopic (exact) mass is 382 g/mol. The molecular weight excluding hydrogens is 356 g/mol. The van der Waals surface area contributed by atoms with Gasteiger partial charge in [0.25, 0.3) is 5.91 Å². The van der Waals surface area contributed by atoms with Gasteiger partial charge in [-0.1, -0.05) is 30.3 Å². The van der Waals surface area contributed by atoms with Gasteiger partial charge < -0.3 is 19.6 Å². The van der Waals surface area contributed by atoms with Gasteiger partial charge in [0.1, 0.15) is 0 Å². The van der Waals surface area contributed by atoms with Crippen LogP contribution in [0, 0.1) is 0 Å². The molecule has 0 aromatic heterocycles. The summed E-state index contributed by atoms with van der Waals surface area (Å²) >= 11 is 0. The number of hydrogen-bond donors (Lipinski definition) is 0. The first-order valence-corrected chi connectivity index (χ1v) is 9.47. The number of fused-ring (bicyclic) bond motifs is 3. The second-order valence-electron chi connectivity index (χ2n) is 7.72. The van der Waals surface area contributed by atoms with Crippen LogP contribution in [0.3, 0.4) is 0 Å². The topological polar surface area (TPSA) is 62.7 Å². The smallest absolute Gasteiger partial charge is 0.313 e. The van der Waals surface area contributed by atoms with Gasteiger partial charge in [0.05, 0.1) is 6.54 Å². The van der Waals surface area contributed by atoms with Crippen molar-refractivity contribution in [3.05, 3.63) is 47.8 Å². The molecule has 1 aromatic carbocycles. The highest BCUT2D eigenvalue weighted by atomic mass is 16.2. The minimum absolute atomic E-state index is 0.200. The van der Waals surface area contributed by atoms with Crippen molar-refractivity contribution >= 4 is 17.9 Å². The van der Waals surface area contributed by atoms with E-state index in [1.165, 1.54) is 4.90 Å². The fourth-order valence-corrected chi connectivity index (χ4v) is 3.89. The highest BCUT2D eigenvalue weighted by Gasteiger charge is 2.54. The third-order valence-corrected chi connectivity index (χ3v) is 5.46. The Morgan fingerprint density at radius 3 is 2.50 bits per heavy atom. The van der Waals surface area contributed by atoms with Crippen molar-refractivity contribution in [1.82, 2.24) is 24.5 Å². The molecular formula is C20H26N6O2. The van der Waals surface area contributed by atoms with E-state index >= 15 is 0 Å². The molecule has 2 unspecified atom stereocenters. The lowest BCUT2D eigenvalue weighted by molar-refractivity contribution is -0.137. The number of carbonyl (C=O) groups is 2.